The highest BCUT2D eigenvalue weighted by Gasteiger charge is 2.36. The summed E-state index contributed by atoms with van der Waals surface area (Å²) in [5.41, 5.74) is 0.717. The quantitative estimate of drug-likeness (QED) is 0.890. The first-order chi connectivity index (χ1) is 11.2. The van der Waals surface area contributed by atoms with Gasteiger partial charge in [-0.1, -0.05) is 12.1 Å². The number of nitrogens with one attached hydrogen (secondary N) is 1. The molecular formula is C17H22N2O4. The maximum atomic E-state index is 12.3. The van der Waals surface area contributed by atoms with E-state index < -0.39 is 0 Å². The molecule has 2 saturated heterocycles. The van der Waals surface area contributed by atoms with Gasteiger partial charge in [-0.25, -0.2) is 0 Å². The first-order valence-electron chi connectivity index (χ1n) is 8.01. The van der Waals surface area contributed by atoms with Gasteiger partial charge in [-0.2, -0.15) is 0 Å². The van der Waals surface area contributed by atoms with Crippen LogP contribution >= 0.6 is 0 Å². The Morgan fingerprint density at radius 2 is 2.26 bits per heavy atom. The zero-order valence-electron chi connectivity index (χ0n) is 13.3. The van der Waals surface area contributed by atoms with Crippen LogP contribution in [0.4, 0.5) is 5.69 Å². The van der Waals surface area contributed by atoms with Crippen LogP contribution < -0.4 is 15.0 Å². The minimum Gasteiger partial charge on any atom is -0.495 e. The molecule has 2 heterocycles. The molecule has 0 aromatic heterocycles. The Morgan fingerprint density at radius 3 is 3.00 bits per heavy atom. The molecule has 0 saturated carbocycles. The van der Waals surface area contributed by atoms with Crippen LogP contribution in [-0.2, 0) is 14.3 Å². The van der Waals surface area contributed by atoms with Gasteiger partial charge in [0.05, 0.1) is 24.8 Å². The lowest BCUT2D eigenvalue weighted by Gasteiger charge is -2.19. The largest absolute Gasteiger partial charge is 0.495 e. The molecule has 6 nitrogen and oxygen atoms in total. The molecule has 1 aromatic carbocycles. The Hall–Kier alpha value is -2.08. The van der Waals surface area contributed by atoms with Gasteiger partial charge in [0.1, 0.15) is 5.75 Å². The monoisotopic (exact) mass is 318 g/mol. The van der Waals surface area contributed by atoms with Crippen LogP contribution in [0.15, 0.2) is 24.3 Å². The van der Waals surface area contributed by atoms with E-state index in [4.69, 9.17) is 9.47 Å². The minimum absolute atomic E-state index is 0.0493. The SMILES string of the molecule is COc1ccccc1N1C[C@@H](C(=O)NC[C@H]2CCCO2)CC1=O. The summed E-state index contributed by atoms with van der Waals surface area (Å²) >= 11 is 0. The van der Waals surface area contributed by atoms with E-state index in [1.54, 1.807) is 12.0 Å². The lowest BCUT2D eigenvalue weighted by atomic mass is 10.1. The molecule has 0 spiro atoms. The van der Waals surface area contributed by atoms with Crippen molar-refractivity contribution in [1.29, 1.82) is 0 Å². The van der Waals surface area contributed by atoms with E-state index in [1.807, 2.05) is 24.3 Å². The second kappa shape index (κ2) is 7.00. The van der Waals surface area contributed by atoms with Gasteiger partial charge >= 0.3 is 0 Å². The van der Waals surface area contributed by atoms with Crippen molar-refractivity contribution in [2.75, 3.05) is 31.7 Å². The van der Waals surface area contributed by atoms with Crippen molar-refractivity contribution in [2.45, 2.75) is 25.4 Å². The van der Waals surface area contributed by atoms with Crippen molar-refractivity contribution < 1.29 is 19.1 Å². The highest BCUT2D eigenvalue weighted by Crippen LogP contribution is 2.32. The number of ether oxygens (including phenoxy) is 2. The summed E-state index contributed by atoms with van der Waals surface area (Å²) in [5, 5.41) is 2.91. The third-order valence-corrected chi connectivity index (χ3v) is 4.40. The molecule has 23 heavy (non-hydrogen) atoms. The van der Waals surface area contributed by atoms with Gasteiger partial charge in [-0.05, 0) is 25.0 Å². The molecule has 2 aliphatic rings. The van der Waals surface area contributed by atoms with E-state index in [9.17, 15) is 9.59 Å². The standard InChI is InChI=1S/C17H22N2O4/c1-22-15-7-3-2-6-14(15)19-11-12(9-16(19)20)17(21)18-10-13-5-4-8-23-13/h2-3,6-7,12-13H,4-5,8-11H2,1H3,(H,18,21)/t12-,13+/m0/s1. The van der Waals surface area contributed by atoms with Crippen LogP contribution in [0.1, 0.15) is 19.3 Å². The zero-order valence-corrected chi connectivity index (χ0v) is 13.3. The smallest absolute Gasteiger partial charge is 0.227 e. The third-order valence-electron chi connectivity index (χ3n) is 4.40. The Kier molecular flexibility index (Phi) is 4.81. The maximum absolute atomic E-state index is 12.3. The van der Waals surface area contributed by atoms with Crippen molar-refractivity contribution in [3.05, 3.63) is 24.3 Å². The molecule has 2 atom stereocenters. The van der Waals surface area contributed by atoms with Gasteiger partial charge in [0.25, 0.3) is 0 Å². The topological polar surface area (TPSA) is 67.9 Å². The Balaban J connectivity index is 1.61. The van der Waals surface area contributed by atoms with Crippen LogP contribution in [0.3, 0.4) is 0 Å². The predicted molar refractivity (Wildman–Crippen MR) is 85.4 cm³/mol. The normalized spacial score (nSPS) is 24.0. The molecule has 2 aliphatic heterocycles. The fourth-order valence-corrected chi connectivity index (χ4v) is 3.13. The molecule has 1 aromatic rings. The molecule has 6 heteroatoms. The summed E-state index contributed by atoms with van der Waals surface area (Å²) in [6.45, 7) is 1.68. The van der Waals surface area contributed by atoms with Gasteiger partial charge in [-0.3, -0.25) is 9.59 Å². The summed E-state index contributed by atoms with van der Waals surface area (Å²) in [7, 11) is 1.57. The Labute approximate surface area is 135 Å². The van der Waals surface area contributed by atoms with Gasteiger partial charge < -0.3 is 19.7 Å². The number of rotatable bonds is 5. The third kappa shape index (κ3) is 3.47. The summed E-state index contributed by atoms with van der Waals surface area (Å²) in [6.07, 6.45) is 2.37. The Bertz CT molecular complexity index is 584. The van der Waals surface area contributed by atoms with Crippen molar-refractivity contribution in [1.82, 2.24) is 5.32 Å². The first-order valence-corrected chi connectivity index (χ1v) is 8.01. The Morgan fingerprint density at radius 1 is 1.43 bits per heavy atom. The fraction of sp³-hybridized carbons (Fsp3) is 0.529. The minimum atomic E-state index is -0.325. The average molecular weight is 318 g/mol. The summed E-state index contributed by atoms with van der Waals surface area (Å²) in [5.74, 6) is 0.188. The number of anilines is 1. The highest BCUT2D eigenvalue weighted by atomic mass is 16.5. The number of nitrogens with zero attached hydrogens (tertiary/aromatic N) is 1. The number of benzene rings is 1. The molecule has 0 radical (unpaired) electrons. The molecule has 1 N–H and O–H groups in total. The van der Waals surface area contributed by atoms with Crippen molar-refractivity contribution in [3.63, 3.8) is 0 Å². The van der Waals surface area contributed by atoms with Crippen molar-refractivity contribution in [2.24, 2.45) is 5.92 Å². The van der Waals surface area contributed by atoms with E-state index >= 15 is 0 Å². The van der Waals surface area contributed by atoms with Crippen LogP contribution in [-0.4, -0.2) is 44.7 Å². The molecule has 3 rings (SSSR count). The number of carbonyl (C=O) groups is 2. The number of amides is 2. The fourth-order valence-electron chi connectivity index (χ4n) is 3.13. The molecule has 2 amide bonds. The summed E-state index contributed by atoms with van der Waals surface area (Å²) < 4.78 is 10.8. The van der Waals surface area contributed by atoms with E-state index in [1.165, 1.54) is 0 Å². The molecule has 0 bridgehead atoms. The lowest BCUT2D eigenvalue weighted by molar-refractivity contribution is -0.126. The van der Waals surface area contributed by atoms with Crippen molar-refractivity contribution >= 4 is 17.5 Å². The van der Waals surface area contributed by atoms with Gasteiger partial charge in [0.2, 0.25) is 11.8 Å². The van der Waals surface area contributed by atoms with Crippen LogP contribution in [0, 0.1) is 5.92 Å². The number of methoxy groups -OCH3 is 1. The summed E-state index contributed by atoms with van der Waals surface area (Å²) in [4.78, 5) is 26.2. The summed E-state index contributed by atoms with van der Waals surface area (Å²) in [6, 6.07) is 7.36. The predicted octanol–water partition coefficient (Wildman–Crippen LogP) is 1.34. The van der Waals surface area contributed by atoms with E-state index in [0.717, 1.165) is 25.1 Å². The van der Waals surface area contributed by atoms with Crippen LogP contribution in [0.2, 0.25) is 0 Å². The number of para-hydroxylation sites is 2. The second-order valence-corrected chi connectivity index (χ2v) is 5.96. The molecule has 124 valence electrons. The number of hydrogen-bond acceptors (Lipinski definition) is 4. The van der Waals surface area contributed by atoms with Crippen LogP contribution in [0.25, 0.3) is 0 Å². The average Bonchev–Trinajstić information content (AvgIpc) is 3.22. The van der Waals surface area contributed by atoms with Crippen LogP contribution in [0.5, 0.6) is 5.75 Å². The van der Waals surface area contributed by atoms with Gasteiger partial charge in [0, 0.05) is 26.1 Å². The van der Waals surface area contributed by atoms with E-state index in [0.29, 0.717) is 18.8 Å². The lowest BCUT2D eigenvalue weighted by Crippen LogP contribution is -2.37. The van der Waals surface area contributed by atoms with E-state index in [2.05, 4.69) is 5.32 Å². The zero-order chi connectivity index (χ0) is 16.2. The van der Waals surface area contributed by atoms with Gasteiger partial charge in [0.15, 0.2) is 0 Å². The molecule has 2 fully saturated rings. The van der Waals surface area contributed by atoms with Crippen molar-refractivity contribution in [3.8, 4) is 5.75 Å². The number of hydrogen-bond donors (Lipinski definition) is 1. The van der Waals surface area contributed by atoms with E-state index in [-0.39, 0.29) is 30.3 Å². The maximum Gasteiger partial charge on any atom is 0.227 e. The van der Waals surface area contributed by atoms with Gasteiger partial charge in [-0.15, -0.1) is 0 Å². The molecule has 0 unspecified atom stereocenters. The molecular weight excluding hydrogens is 296 g/mol. The number of carbonyl (C=O) groups excluding carboxylic acids is 2. The first kappa shape index (κ1) is 15.8. The molecule has 0 aliphatic carbocycles. The second-order valence-electron chi connectivity index (χ2n) is 5.96. The highest BCUT2D eigenvalue weighted by molar-refractivity contribution is 6.01.